The molecule has 0 saturated carbocycles. The zero-order valence-corrected chi connectivity index (χ0v) is 63.5. The van der Waals surface area contributed by atoms with Gasteiger partial charge in [-0.3, -0.25) is 81.5 Å². The molecule has 26 N–H and O–H groups in total. The third kappa shape index (κ3) is 35.7. The minimum Gasteiger partial charge on any atom is -0.481 e. The summed E-state index contributed by atoms with van der Waals surface area (Å²) in [6.07, 6.45) is -1.18. The first kappa shape index (κ1) is 95.6. The van der Waals surface area contributed by atoms with Crippen LogP contribution >= 0.6 is 37.0 Å². The summed E-state index contributed by atoms with van der Waals surface area (Å²) < 4.78 is 0. The standard InChI is InChI=1S/C66H106N18O22S3/c1-34(2)53(64(103)78-41(66(105)106)23-27-109-3)83-57(96)37(14-7-9-24-67)75-62(101)46(33-108)82-56(95)39(18-21-49(71)87)76-59(98)43(29-52(91)92)80-63(102)47-16-11-26-84(47)65(104)40(15-8-10-25-68)77-60(99)44(31-85)81-58(97)42(28-35-12-5-4-6-13-35)79-61(100)45(32-107)73-50(88)30-72-55(94)38(19-22-51(89)90)74-54(93)36(69)17-20-48(70)86/h4-6,12-13,34,36-47,53,85,107-108H,7-11,14-33,67-69H2,1-3H3,(H2,70,86)(H2,71,87)(H,72,94)(H,73,88)(H,74,93)(H,75,101)(H,76,98)(H,77,99)(H,78,103)(H,79,100)(H,80,102)(H,81,97)(H,82,95)(H,83,96)(H,89,90)(H,91,92)(H,105,106)/t36-,37-,38-,39-,40-,41-,42-,43-,44-,45-,46-,47-,53-/m0/s1. The van der Waals surface area contributed by atoms with E-state index in [1.165, 1.54) is 11.8 Å². The highest BCUT2D eigenvalue weighted by Gasteiger charge is 2.42. The van der Waals surface area contributed by atoms with Gasteiger partial charge in [-0.2, -0.15) is 37.0 Å². The summed E-state index contributed by atoms with van der Waals surface area (Å²) in [6.45, 7) is 1.44. The van der Waals surface area contributed by atoms with Crippen molar-refractivity contribution in [2.45, 2.75) is 202 Å². The summed E-state index contributed by atoms with van der Waals surface area (Å²) in [4.78, 5) is 240. The number of thioether (sulfide) groups is 1. The number of carboxylic acids is 3. The van der Waals surface area contributed by atoms with E-state index in [4.69, 9.17) is 28.7 Å². The van der Waals surface area contributed by atoms with E-state index < -0.39 is 248 Å². The topological polar surface area (TPSA) is 666 Å². The molecule has 0 bridgehead atoms. The van der Waals surface area contributed by atoms with Crippen LogP contribution in [0, 0.1) is 5.92 Å². The van der Waals surface area contributed by atoms with Crippen LogP contribution in [0.25, 0.3) is 0 Å². The van der Waals surface area contributed by atoms with Crippen LogP contribution in [0.15, 0.2) is 30.3 Å². The number of carboxylic acid groups (broad SMARTS) is 3. The summed E-state index contributed by atoms with van der Waals surface area (Å²) in [5, 5.41) is 68.3. The summed E-state index contributed by atoms with van der Waals surface area (Å²) in [5.41, 5.74) is 28.3. The normalized spacial score (nSPS) is 15.8. The van der Waals surface area contributed by atoms with Crippen LogP contribution in [-0.2, 0) is 92.7 Å². The SMILES string of the molecule is CSCC[C@H](NC(=O)[C@@H](NC(=O)[C@H](CCCCN)NC(=O)[C@H](CS)NC(=O)[C@H](CCC(N)=O)NC(=O)[C@H](CC(=O)O)NC(=O)[C@@H]1CCCN1C(=O)[C@H](CCCCN)NC(=O)[C@H](CO)NC(=O)[C@H](Cc1ccccc1)NC(=O)[C@H](CS)NC(=O)CNC(=O)[C@H](CCC(=O)O)NC(=O)[C@@H](N)CCC(N)=O)C(C)C)C(=O)O. The Bertz CT molecular complexity index is 3290. The molecule has 40 nitrogen and oxygen atoms in total. The molecule has 610 valence electrons. The van der Waals surface area contributed by atoms with Gasteiger partial charge in [0, 0.05) is 43.7 Å². The summed E-state index contributed by atoms with van der Waals surface area (Å²) in [5.74, 6) is -20.3. The van der Waals surface area contributed by atoms with Gasteiger partial charge in [0.05, 0.1) is 25.6 Å². The highest BCUT2D eigenvalue weighted by molar-refractivity contribution is 7.98. The van der Waals surface area contributed by atoms with Gasteiger partial charge in [0.1, 0.15) is 72.5 Å². The molecule has 15 amide bonds. The fraction of sp³-hybridized carbons (Fsp3) is 0.636. The number of aliphatic hydroxyl groups excluding tert-OH is 1. The van der Waals surface area contributed by atoms with E-state index in [0.717, 1.165) is 4.90 Å². The Morgan fingerprint density at radius 1 is 0.514 bits per heavy atom. The van der Waals surface area contributed by atoms with Crippen molar-refractivity contribution in [2.75, 3.05) is 56.3 Å². The molecule has 43 heteroatoms. The van der Waals surface area contributed by atoms with E-state index in [1.807, 2.05) is 0 Å². The Kier molecular flexibility index (Phi) is 44.8. The Balaban J connectivity index is 2.38. The Hall–Kier alpha value is -9.43. The first-order chi connectivity index (χ1) is 51.6. The summed E-state index contributed by atoms with van der Waals surface area (Å²) in [7, 11) is 0. The van der Waals surface area contributed by atoms with Crippen molar-refractivity contribution in [1.82, 2.24) is 68.7 Å². The number of rotatable bonds is 54. The maximum Gasteiger partial charge on any atom is 0.326 e. The number of amides is 15. The molecule has 0 spiro atoms. The predicted molar refractivity (Wildman–Crippen MR) is 399 cm³/mol. The number of thiol groups is 2. The maximum atomic E-state index is 14.7. The Morgan fingerprint density at radius 2 is 0.982 bits per heavy atom. The number of primary amides is 2. The number of likely N-dealkylation sites (tertiary alicyclic amines) is 1. The average molecular weight is 1600 g/mol. The third-order valence-corrected chi connectivity index (χ3v) is 18.3. The smallest absolute Gasteiger partial charge is 0.326 e. The molecular weight excluding hydrogens is 1490 g/mol. The molecular formula is C66H106N18O22S3. The monoisotopic (exact) mass is 1600 g/mol. The van der Waals surface area contributed by atoms with E-state index >= 15 is 0 Å². The van der Waals surface area contributed by atoms with Gasteiger partial charge in [0.25, 0.3) is 0 Å². The molecule has 1 fully saturated rings. The van der Waals surface area contributed by atoms with Crippen LogP contribution < -0.4 is 92.5 Å². The summed E-state index contributed by atoms with van der Waals surface area (Å²) >= 11 is 9.75. The quantitative estimate of drug-likeness (QED) is 0.0213. The minimum atomic E-state index is -2.01. The zero-order valence-electron chi connectivity index (χ0n) is 60.9. The molecule has 1 heterocycles. The molecule has 0 radical (unpaired) electrons. The zero-order chi connectivity index (χ0) is 82.0. The van der Waals surface area contributed by atoms with E-state index in [1.54, 1.807) is 50.4 Å². The van der Waals surface area contributed by atoms with Crippen LogP contribution in [0.3, 0.4) is 0 Å². The molecule has 109 heavy (non-hydrogen) atoms. The van der Waals surface area contributed by atoms with Gasteiger partial charge in [0.15, 0.2) is 0 Å². The predicted octanol–water partition coefficient (Wildman–Crippen LogP) is -7.53. The lowest BCUT2D eigenvalue weighted by atomic mass is 10.0. The first-order valence-electron chi connectivity index (χ1n) is 35.2. The highest BCUT2D eigenvalue weighted by atomic mass is 32.2. The second kappa shape index (κ2) is 51.1. The van der Waals surface area contributed by atoms with Crippen LogP contribution in [0.4, 0.5) is 0 Å². The van der Waals surface area contributed by atoms with Crippen LogP contribution in [0.1, 0.15) is 122 Å². The number of benzene rings is 1. The molecule has 1 aromatic rings. The lowest BCUT2D eigenvalue weighted by Gasteiger charge is -2.31. The molecule has 2 rings (SSSR count). The van der Waals surface area contributed by atoms with E-state index in [0.29, 0.717) is 24.2 Å². The molecule has 1 aliphatic heterocycles. The van der Waals surface area contributed by atoms with Crippen molar-refractivity contribution >= 4 is 144 Å². The van der Waals surface area contributed by atoms with Gasteiger partial charge in [-0.1, -0.05) is 44.2 Å². The molecule has 0 aromatic heterocycles. The lowest BCUT2D eigenvalue weighted by Crippen LogP contribution is -2.61. The van der Waals surface area contributed by atoms with Crippen molar-refractivity contribution in [3.63, 3.8) is 0 Å². The molecule has 0 unspecified atom stereocenters. The fourth-order valence-electron chi connectivity index (χ4n) is 10.8. The van der Waals surface area contributed by atoms with Crippen molar-refractivity contribution in [3.05, 3.63) is 35.9 Å². The van der Waals surface area contributed by atoms with Crippen LogP contribution in [-0.4, -0.2) is 267 Å². The fourth-order valence-corrected chi connectivity index (χ4v) is 11.8. The van der Waals surface area contributed by atoms with Gasteiger partial charge >= 0.3 is 17.9 Å². The number of carbonyl (C=O) groups excluding carboxylic acids is 15. The van der Waals surface area contributed by atoms with Crippen LogP contribution in [0.5, 0.6) is 0 Å². The molecule has 1 aromatic carbocycles. The number of nitrogens with zero attached hydrogens (tertiary/aromatic N) is 1. The van der Waals surface area contributed by atoms with Crippen molar-refractivity contribution in [3.8, 4) is 0 Å². The lowest BCUT2D eigenvalue weighted by molar-refractivity contribution is -0.144. The van der Waals surface area contributed by atoms with Crippen molar-refractivity contribution in [1.29, 1.82) is 0 Å². The Morgan fingerprint density at radius 3 is 1.52 bits per heavy atom. The van der Waals surface area contributed by atoms with Gasteiger partial charge in [-0.05, 0) is 114 Å². The number of nitrogens with two attached hydrogens (primary N) is 5. The molecule has 0 aliphatic carbocycles. The number of aliphatic carboxylic acids is 3. The molecule has 13 atom stereocenters. The summed E-state index contributed by atoms with van der Waals surface area (Å²) in [6, 6.07) is -12.0. The second-order valence-corrected chi connectivity index (χ2v) is 27.6. The van der Waals surface area contributed by atoms with E-state index in [2.05, 4.69) is 89.1 Å². The Labute approximate surface area is 644 Å². The number of nitrogens with one attached hydrogen (secondary N) is 12. The third-order valence-electron chi connectivity index (χ3n) is 16.9. The van der Waals surface area contributed by atoms with Crippen molar-refractivity contribution in [2.24, 2.45) is 34.6 Å². The number of carbonyl (C=O) groups is 18. The number of hydrogen-bond acceptors (Lipinski definition) is 25. The molecule has 1 saturated heterocycles. The highest BCUT2D eigenvalue weighted by Crippen LogP contribution is 2.21. The number of unbranched alkanes of at least 4 members (excludes halogenated alkanes) is 2. The first-order valence-corrected chi connectivity index (χ1v) is 37.9. The largest absolute Gasteiger partial charge is 0.481 e. The van der Waals surface area contributed by atoms with Gasteiger partial charge in [0.2, 0.25) is 88.6 Å². The van der Waals surface area contributed by atoms with E-state index in [9.17, 15) is 107 Å². The van der Waals surface area contributed by atoms with Gasteiger partial charge < -0.3 is 118 Å². The second-order valence-electron chi connectivity index (χ2n) is 25.9. The molecule has 1 aliphatic rings. The average Bonchev–Trinajstić information content (AvgIpc) is 1.73. The minimum absolute atomic E-state index is 0.0383. The van der Waals surface area contributed by atoms with Gasteiger partial charge in [-0.25, -0.2) is 4.79 Å². The van der Waals surface area contributed by atoms with Gasteiger partial charge in [-0.15, -0.1) is 0 Å². The van der Waals surface area contributed by atoms with E-state index in [-0.39, 0.29) is 83.8 Å². The number of hydrogen-bond donors (Lipinski definition) is 23. The maximum absolute atomic E-state index is 14.7. The number of aliphatic hydroxyl groups is 1. The van der Waals surface area contributed by atoms with Crippen molar-refractivity contribution < 1.29 is 107 Å². The van der Waals surface area contributed by atoms with Crippen LogP contribution in [0.2, 0.25) is 0 Å².